The van der Waals surface area contributed by atoms with Gasteiger partial charge in [0.2, 0.25) is 4.34 Å². The Labute approximate surface area is 174 Å². The molecule has 0 aliphatic heterocycles. The molecule has 3 aliphatic rings. The molecule has 6 nitrogen and oxygen atoms in total. The maximum Gasteiger partial charge on any atom is 0.331 e. The van der Waals surface area contributed by atoms with Crippen LogP contribution in [0.2, 0.25) is 0 Å². The van der Waals surface area contributed by atoms with Crippen molar-refractivity contribution < 1.29 is 18.5 Å². The van der Waals surface area contributed by atoms with Crippen LogP contribution in [0.5, 0.6) is 0 Å². The fraction of sp³-hybridized carbons (Fsp3) is 0.500. The number of aromatic nitrogens is 1. The molecule has 0 radical (unpaired) electrons. The van der Waals surface area contributed by atoms with Gasteiger partial charge in [-0.2, -0.15) is 0 Å². The molecule has 1 fully saturated rings. The van der Waals surface area contributed by atoms with E-state index < -0.39 is 22.6 Å². The molecule has 9 heteroatoms. The van der Waals surface area contributed by atoms with E-state index in [0.29, 0.717) is 36.2 Å². The maximum atomic E-state index is 14.8. The molecule has 0 saturated heterocycles. The number of halogens is 1. The van der Waals surface area contributed by atoms with Crippen LogP contribution < -0.4 is 10.0 Å². The standard InChI is InChI=1S/C20H22FN3O3S2/c21-16-11-4-1-6-13(11)17(14-7-2-5-12(14)16)23-18(25)24-29(27)19-22-10-15(28-19)20(26)8-3-9-20/h10,26H,1-9H2,(H2,23,24,25). The molecule has 1 heterocycles. The number of rotatable bonds is 4. The second-order valence-electron chi connectivity index (χ2n) is 8.01. The predicted octanol–water partition coefficient (Wildman–Crippen LogP) is 3.48. The van der Waals surface area contributed by atoms with Gasteiger partial charge in [0, 0.05) is 11.9 Å². The van der Waals surface area contributed by atoms with Crippen molar-refractivity contribution in [3.63, 3.8) is 0 Å². The number of thiazole rings is 1. The van der Waals surface area contributed by atoms with Gasteiger partial charge >= 0.3 is 6.03 Å². The number of amides is 2. The van der Waals surface area contributed by atoms with Gasteiger partial charge in [0.25, 0.3) is 0 Å². The number of nitrogens with zero attached hydrogens (tertiary/aromatic N) is 1. The van der Waals surface area contributed by atoms with Gasteiger partial charge in [-0.1, -0.05) is 0 Å². The highest BCUT2D eigenvalue weighted by atomic mass is 32.2. The molecule has 0 bridgehead atoms. The molecule has 3 N–H and O–H groups in total. The first-order valence-corrected chi connectivity index (χ1v) is 12.0. The van der Waals surface area contributed by atoms with Crippen LogP contribution in [-0.4, -0.2) is 20.3 Å². The number of aliphatic hydroxyl groups is 1. The van der Waals surface area contributed by atoms with E-state index in [1.807, 2.05) is 0 Å². The highest BCUT2D eigenvalue weighted by Crippen LogP contribution is 2.44. The number of nitrogens with one attached hydrogen (secondary N) is 2. The van der Waals surface area contributed by atoms with Crippen molar-refractivity contribution in [3.8, 4) is 0 Å². The Balaban J connectivity index is 1.34. The van der Waals surface area contributed by atoms with Crippen molar-refractivity contribution in [2.45, 2.75) is 67.7 Å². The van der Waals surface area contributed by atoms with E-state index in [2.05, 4.69) is 15.0 Å². The van der Waals surface area contributed by atoms with Gasteiger partial charge in [-0.05, 0) is 80.0 Å². The van der Waals surface area contributed by atoms with E-state index >= 15 is 0 Å². The molecule has 0 spiro atoms. The Hall–Kier alpha value is -1.84. The molecule has 154 valence electrons. The lowest BCUT2D eigenvalue weighted by atomic mass is 9.79. The molecule has 1 atom stereocenters. The van der Waals surface area contributed by atoms with Crippen LogP contribution in [0.25, 0.3) is 0 Å². The topological polar surface area (TPSA) is 91.3 Å². The third-order valence-corrected chi connectivity index (χ3v) is 8.76. The minimum Gasteiger partial charge on any atom is -0.384 e. The molecular formula is C20H22FN3O3S2. The van der Waals surface area contributed by atoms with Crippen molar-refractivity contribution >= 4 is 34.0 Å². The van der Waals surface area contributed by atoms with Gasteiger partial charge in [0.1, 0.15) is 11.4 Å². The molecule has 1 aromatic carbocycles. The molecule has 1 unspecified atom stereocenters. The fourth-order valence-electron chi connectivity index (χ4n) is 4.62. The van der Waals surface area contributed by atoms with E-state index in [1.165, 1.54) is 6.20 Å². The third-order valence-electron chi connectivity index (χ3n) is 6.28. The number of hydrogen-bond donors (Lipinski definition) is 3. The molecule has 1 saturated carbocycles. The number of fused-ring (bicyclic) bond motifs is 2. The second kappa shape index (κ2) is 7.14. The highest BCUT2D eigenvalue weighted by molar-refractivity contribution is 7.85. The van der Waals surface area contributed by atoms with Gasteiger partial charge in [-0.3, -0.25) is 4.72 Å². The van der Waals surface area contributed by atoms with Gasteiger partial charge in [0.05, 0.1) is 4.88 Å². The first-order valence-electron chi connectivity index (χ1n) is 9.99. The zero-order valence-electron chi connectivity index (χ0n) is 15.8. The largest absolute Gasteiger partial charge is 0.384 e. The average molecular weight is 436 g/mol. The van der Waals surface area contributed by atoms with Gasteiger partial charge in [0.15, 0.2) is 11.0 Å². The second-order valence-corrected chi connectivity index (χ2v) is 10.4. The van der Waals surface area contributed by atoms with Crippen LogP contribution in [0.4, 0.5) is 14.9 Å². The Morgan fingerprint density at radius 3 is 2.31 bits per heavy atom. The van der Waals surface area contributed by atoms with Crippen LogP contribution in [0.3, 0.4) is 0 Å². The lowest BCUT2D eigenvalue weighted by Crippen LogP contribution is -2.32. The van der Waals surface area contributed by atoms with Crippen LogP contribution in [0.15, 0.2) is 10.5 Å². The summed E-state index contributed by atoms with van der Waals surface area (Å²) in [5.41, 5.74) is 3.04. The molecule has 1 aromatic heterocycles. The van der Waals surface area contributed by atoms with Gasteiger partial charge < -0.3 is 10.4 Å². The minimum atomic E-state index is -1.82. The zero-order chi connectivity index (χ0) is 20.2. The first-order chi connectivity index (χ1) is 14.0. The van der Waals surface area contributed by atoms with Crippen LogP contribution in [-0.2, 0) is 42.3 Å². The van der Waals surface area contributed by atoms with Crippen molar-refractivity contribution in [2.75, 3.05) is 5.32 Å². The first kappa shape index (κ1) is 19.1. The summed E-state index contributed by atoms with van der Waals surface area (Å²) in [4.78, 5) is 17.4. The number of benzene rings is 1. The van der Waals surface area contributed by atoms with Gasteiger partial charge in [-0.25, -0.2) is 18.4 Å². The molecule has 2 amide bonds. The summed E-state index contributed by atoms with van der Waals surface area (Å²) in [7, 11) is -1.82. The molecule has 3 aliphatic carbocycles. The lowest BCUT2D eigenvalue weighted by molar-refractivity contribution is -0.0356. The lowest BCUT2D eigenvalue weighted by Gasteiger charge is -2.35. The number of carbonyl (C=O) groups excluding carboxylic acids is 1. The van der Waals surface area contributed by atoms with Gasteiger partial charge in [-0.15, -0.1) is 11.3 Å². The number of urea groups is 1. The molecule has 2 aromatic rings. The third kappa shape index (κ3) is 3.19. The monoisotopic (exact) mass is 435 g/mol. The summed E-state index contributed by atoms with van der Waals surface area (Å²) in [6.07, 6.45) is 8.48. The quantitative estimate of drug-likeness (QED) is 0.686. The van der Waals surface area contributed by atoms with E-state index in [4.69, 9.17) is 0 Å². The van der Waals surface area contributed by atoms with E-state index in [1.54, 1.807) is 0 Å². The van der Waals surface area contributed by atoms with Crippen molar-refractivity contribution in [1.82, 2.24) is 9.71 Å². The minimum absolute atomic E-state index is 0.0937. The highest BCUT2D eigenvalue weighted by Gasteiger charge is 2.38. The molecular weight excluding hydrogens is 413 g/mol. The van der Waals surface area contributed by atoms with Crippen molar-refractivity contribution in [1.29, 1.82) is 0 Å². The van der Waals surface area contributed by atoms with Crippen molar-refractivity contribution in [2.24, 2.45) is 0 Å². The predicted molar refractivity (Wildman–Crippen MR) is 109 cm³/mol. The Morgan fingerprint density at radius 1 is 1.10 bits per heavy atom. The summed E-state index contributed by atoms with van der Waals surface area (Å²) in [5.74, 6) is -0.0937. The SMILES string of the molecule is O=C(Nc1c2c(c(F)c3c1CCC3)CCC2)NS(=O)c1ncc(C2(O)CCC2)s1. The maximum absolute atomic E-state index is 14.8. The summed E-state index contributed by atoms with van der Waals surface area (Å²) < 4.78 is 30.0. The summed E-state index contributed by atoms with van der Waals surface area (Å²) in [6, 6.07) is -0.586. The average Bonchev–Trinajstić information content (AvgIpc) is 3.43. The van der Waals surface area contributed by atoms with E-state index in [0.717, 1.165) is 65.7 Å². The summed E-state index contributed by atoms with van der Waals surface area (Å²) in [5, 5.41) is 13.2. The van der Waals surface area contributed by atoms with Crippen LogP contribution >= 0.6 is 11.3 Å². The van der Waals surface area contributed by atoms with Crippen LogP contribution in [0, 0.1) is 5.82 Å². The van der Waals surface area contributed by atoms with E-state index in [-0.39, 0.29) is 10.2 Å². The number of hydrogen-bond acceptors (Lipinski definition) is 5. The zero-order valence-corrected chi connectivity index (χ0v) is 17.5. The normalized spacial score (nSPS) is 19.9. The Bertz CT molecular complexity index is 997. The smallest absolute Gasteiger partial charge is 0.331 e. The summed E-state index contributed by atoms with van der Waals surface area (Å²) in [6.45, 7) is 0. The van der Waals surface area contributed by atoms with Crippen molar-refractivity contribution in [3.05, 3.63) is 39.1 Å². The van der Waals surface area contributed by atoms with Crippen LogP contribution in [0.1, 0.15) is 59.2 Å². The number of anilines is 1. The van der Waals surface area contributed by atoms with E-state index in [9.17, 15) is 18.5 Å². The summed E-state index contributed by atoms with van der Waals surface area (Å²) >= 11 is 1.16. The fourth-order valence-corrected chi connectivity index (χ4v) is 6.57. The molecule has 29 heavy (non-hydrogen) atoms. The molecule has 5 rings (SSSR count). The number of carbonyl (C=O) groups is 1. The Kier molecular flexibility index (Phi) is 4.71. The Morgan fingerprint density at radius 2 is 1.72 bits per heavy atom.